The number of halogens is 2. The van der Waals surface area contributed by atoms with Crippen LogP contribution >= 0.6 is 23.2 Å². The Morgan fingerprint density at radius 3 is 2.58 bits per heavy atom. The average Bonchev–Trinajstić information content (AvgIpc) is 3.00. The molecule has 7 heteroatoms. The average molecular weight is 462 g/mol. The highest BCUT2D eigenvalue weighted by molar-refractivity contribution is 6.42. The minimum absolute atomic E-state index is 0.0831. The number of benzene rings is 2. The Morgan fingerprint density at radius 1 is 1.10 bits per heavy atom. The molecule has 3 atom stereocenters. The summed E-state index contributed by atoms with van der Waals surface area (Å²) in [4.78, 5) is 28.7. The van der Waals surface area contributed by atoms with Gasteiger partial charge in [-0.3, -0.25) is 9.59 Å². The highest BCUT2D eigenvalue weighted by atomic mass is 35.5. The summed E-state index contributed by atoms with van der Waals surface area (Å²) < 4.78 is 11.7. The summed E-state index contributed by atoms with van der Waals surface area (Å²) in [5, 5.41) is 0.814. The molecule has 1 saturated heterocycles. The van der Waals surface area contributed by atoms with Crippen molar-refractivity contribution in [2.45, 2.75) is 45.4 Å². The van der Waals surface area contributed by atoms with Crippen LogP contribution in [-0.2, 0) is 9.53 Å². The maximum atomic E-state index is 13.6. The highest BCUT2D eigenvalue weighted by Gasteiger charge is 2.56. The predicted octanol–water partition coefficient (Wildman–Crippen LogP) is 5.26. The lowest BCUT2D eigenvalue weighted by molar-refractivity contribution is -0.134. The topological polar surface area (TPSA) is 55.8 Å². The molecule has 3 unspecified atom stereocenters. The molecule has 0 aromatic heterocycles. The summed E-state index contributed by atoms with van der Waals surface area (Å²) in [5.41, 5.74) is 2.25. The molecule has 164 valence electrons. The van der Waals surface area contributed by atoms with Gasteiger partial charge in [0.05, 0.1) is 33.7 Å². The van der Waals surface area contributed by atoms with Crippen LogP contribution in [0.4, 0.5) is 0 Å². The Bertz CT molecular complexity index is 1020. The van der Waals surface area contributed by atoms with E-state index in [1.807, 2.05) is 39.0 Å². The fourth-order valence-corrected chi connectivity index (χ4v) is 4.67. The number of rotatable bonds is 6. The zero-order valence-electron chi connectivity index (χ0n) is 17.7. The molecule has 2 aliphatic rings. The van der Waals surface area contributed by atoms with E-state index in [4.69, 9.17) is 32.7 Å². The van der Waals surface area contributed by atoms with Gasteiger partial charge in [0.1, 0.15) is 5.75 Å². The van der Waals surface area contributed by atoms with E-state index in [9.17, 15) is 9.59 Å². The Morgan fingerprint density at radius 2 is 1.87 bits per heavy atom. The number of carbonyl (C=O) groups excluding carboxylic acids is 2. The minimum atomic E-state index is -0.854. The Kier molecular flexibility index (Phi) is 6.29. The van der Waals surface area contributed by atoms with Crippen molar-refractivity contribution >= 4 is 34.9 Å². The molecule has 1 amide bonds. The lowest BCUT2D eigenvalue weighted by atomic mass is 9.83. The van der Waals surface area contributed by atoms with Gasteiger partial charge in [0.25, 0.3) is 5.91 Å². The number of hydrogen-bond acceptors (Lipinski definition) is 4. The molecule has 2 aromatic carbocycles. The largest absolute Gasteiger partial charge is 0.479 e. The van der Waals surface area contributed by atoms with Crippen molar-refractivity contribution in [2.24, 2.45) is 5.92 Å². The van der Waals surface area contributed by atoms with Gasteiger partial charge in [-0.05, 0) is 57.0 Å². The van der Waals surface area contributed by atoms with E-state index >= 15 is 0 Å². The molecule has 5 nitrogen and oxygen atoms in total. The molecule has 0 spiro atoms. The Hall–Kier alpha value is -2.08. The first kappa shape index (κ1) is 22.1. The normalized spacial score (nSPS) is 22.5. The first-order valence-electron chi connectivity index (χ1n) is 10.5. The predicted molar refractivity (Wildman–Crippen MR) is 120 cm³/mol. The molecular weight excluding hydrogens is 437 g/mol. The van der Waals surface area contributed by atoms with Gasteiger partial charge in [-0.15, -0.1) is 0 Å². The minimum Gasteiger partial charge on any atom is -0.479 e. The van der Waals surface area contributed by atoms with Gasteiger partial charge in [0.15, 0.2) is 11.9 Å². The number of ketones is 1. The van der Waals surface area contributed by atoms with E-state index in [1.165, 1.54) is 0 Å². The summed E-state index contributed by atoms with van der Waals surface area (Å²) in [5.74, 6) is -0.460. The van der Waals surface area contributed by atoms with Crippen LogP contribution in [0.3, 0.4) is 0 Å². The van der Waals surface area contributed by atoms with Crippen molar-refractivity contribution in [3.8, 4) is 5.75 Å². The van der Waals surface area contributed by atoms with Gasteiger partial charge in [-0.2, -0.15) is 0 Å². The molecule has 0 radical (unpaired) electrons. The number of aryl methyl sites for hydroxylation is 1. The van der Waals surface area contributed by atoms with Crippen LogP contribution in [-0.4, -0.2) is 41.9 Å². The summed E-state index contributed by atoms with van der Waals surface area (Å²) in [6, 6.07) is 10.2. The number of fused-ring (bicyclic) bond motifs is 2. The molecule has 0 bridgehead atoms. The van der Waals surface area contributed by atoms with Crippen LogP contribution in [0.25, 0.3) is 0 Å². The molecule has 2 aromatic rings. The lowest BCUT2D eigenvalue weighted by Crippen LogP contribution is -2.39. The summed E-state index contributed by atoms with van der Waals surface area (Å²) >= 11 is 12.4. The van der Waals surface area contributed by atoms with Gasteiger partial charge in [0, 0.05) is 13.2 Å². The van der Waals surface area contributed by atoms with Crippen LogP contribution in [0.2, 0.25) is 10.0 Å². The summed E-state index contributed by atoms with van der Waals surface area (Å²) in [6.07, 6.45) is -0.0833. The lowest BCUT2D eigenvalue weighted by Gasteiger charge is -2.30. The molecule has 0 aliphatic carbocycles. The number of amides is 1. The standard InChI is InChI=1S/C24H25Cl2NO4/c1-13(2)30-10-4-9-27-21(15-6-7-17(25)18(26)12-15)20-22(28)16-11-14(3)5-8-19(16)31-23(20)24(27)29/h5-8,11-13,20-21,23H,4,9-10H2,1-3H3. The summed E-state index contributed by atoms with van der Waals surface area (Å²) in [6.45, 7) is 6.85. The fourth-order valence-electron chi connectivity index (χ4n) is 4.36. The zero-order valence-corrected chi connectivity index (χ0v) is 19.2. The number of likely N-dealkylation sites (tertiary alicyclic amines) is 1. The number of nitrogens with zero attached hydrogens (tertiary/aromatic N) is 1. The molecule has 31 heavy (non-hydrogen) atoms. The zero-order chi connectivity index (χ0) is 22.3. The third kappa shape index (κ3) is 4.19. The highest BCUT2D eigenvalue weighted by Crippen LogP contribution is 2.46. The second-order valence-corrected chi connectivity index (χ2v) is 9.17. The van der Waals surface area contributed by atoms with Gasteiger partial charge in [-0.25, -0.2) is 0 Å². The molecule has 0 N–H and O–H groups in total. The Balaban J connectivity index is 1.71. The van der Waals surface area contributed by atoms with Crippen LogP contribution < -0.4 is 4.74 Å². The van der Waals surface area contributed by atoms with Gasteiger partial charge in [0.2, 0.25) is 0 Å². The number of Topliss-reactive ketones (excluding diaryl/α,β-unsaturated/α-hetero) is 1. The molecule has 2 heterocycles. The molecule has 2 aliphatic heterocycles. The van der Waals surface area contributed by atoms with Crippen molar-refractivity contribution in [3.63, 3.8) is 0 Å². The van der Waals surface area contributed by atoms with Crippen LogP contribution in [0.1, 0.15) is 47.8 Å². The first-order valence-corrected chi connectivity index (χ1v) is 11.2. The van der Waals surface area contributed by atoms with Crippen LogP contribution in [0, 0.1) is 12.8 Å². The smallest absolute Gasteiger partial charge is 0.265 e. The van der Waals surface area contributed by atoms with Crippen molar-refractivity contribution in [1.29, 1.82) is 0 Å². The third-order valence-corrected chi connectivity index (χ3v) is 6.50. The quantitative estimate of drug-likeness (QED) is 0.550. The first-order chi connectivity index (χ1) is 14.8. The van der Waals surface area contributed by atoms with Gasteiger partial charge < -0.3 is 14.4 Å². The van der Waals surface area contributed by atoms with Crippen molar-refractivity contribution in [3.05, 3.63) is 63.1 Å². The van der Waals surface area contributed by atoms with Crippen LogP contribution in [0.5, 0.6) is 5.75 Å². The second kappa shape index (κ2) is 8.81. The van der Waals surface area contributed by atoms with Crippen LogP contribution in [0.15, 0.2) is 36.4 Å². The molecule has 1 fully saturated rings. The maximum Gasteiger partial charge on any atom is 0.265 e. The van der Waals surface area contributed by atoms with E-state index in [2.05, 4.69) is 0 Å². The second-order valence-electron chi connectivity index (χ2n) is 8.35. The van der Waals surface area contributed by atoms with Crippen molar-refractivity contribution in [1.82, 2.24) is 4.90 Å². The molecule has 0 saturated carbocycles. The summed E-state index contributed by atoms with van der Waals surface area (Å²) in [7, 11) is 0. The van der Waals surface area contributed by atoms with E-state index in [1.54, 1.807) is 23.1 Å². The SMILES string of the molecule is Cc1ccc2c(c1)C(=O)C1C(O2)C(=O)N(CCCOC(C)C)C1c1ccc(Cl)c(Cl)c1. The van der Waals surface area contributed by atoms with Crippen molar-refractivity contribution in [2.75, 3.05) is 13.2 Å². The number of ether oxygens (including phenoxy) is 2. The molecule has 4 rings (SSSR count). The third-order valence-electron chi connectivity index (χ3n) is 5.77. The van der Waals surface area contributed by atoms with E-state index < -0.39 is 18.1 Å². The van der Waals surface area contributed by atoms with E-state index in [0.29, 0.717) is 40.9 Å². The fraction of sp³-hybridized carbons (Fsp3) is 0.417. The Labute approximate surface area is 192 Å². The van der Waals surface area contributed by atoms with Gasteiger partial charge >= 0.3 is 0 Å². The monoisotopic (exact) mass is 461 g/mol. The van der Waals surface area contributed by atoms with Gasteiger partial charge in [-0.1, -0.05) is 40.9 Å². The van der Waals surface area contributed by atoms with Crippen molar-refractivity contribution < 1.29 is 19.1 Å². The number of carbonyl (C=O) groups is 2. The van der Waals surface area contributed by atoms with E-state index in [-0.39, 0.29) is 17.8 Å². The van der Waals surface area contributed by atoms with E-state index in [0.717, 1.165) is 11.1 Å². The number of hydrogen-bond donors (Lipinski definition) is 0. The molecular formula is C24H25Cl2NO4. The maximum absolute atomic E-state index is 13.6.